The molecule has 1 saturated heterocycles. The lowest BCUT2D eigenvalue weighted by molar-refractivity contribution is -0.119. The number of imidazole rings is 1. The van der Waals surface area contributed by atoms with Crippen LogP contribution in [0.4, 0.5) is 17.2 Å². The van der Waals surface area contributed by atoms with Gasteiger partial charge in [-0.05, 0) is 49.6 Å². The van der Waals surface area contributed by atoms with E-state index in [1.165, 1.54) is 12.7 Å². The maximum absolute atomic E-state index is 12.6. The number of nitrogens with one attached hydrogen (secondary N) is 3. The number of aryl methyl sites for hydroxylation is 1. The molecule has 1 aromatic carbocycles. The van der Waals surface area contributed by atoms with Crippen LogP contribution >= 0.6 is 0 Å². The maximum Gasteiger partial charge on any atom is 0.226 e. The van der Waals surface area contributed by atoms with Crippen molar-refractivity contribution in [2.45, 2.75) is 45.1 Å². The Morgan fingerprint density at radius 1 is 1.15 bits per heavy atom. The van der Waals surface area contributed by atoms with Crippen molar-refractivity contribution in [1.29, 1.82) is 0 Å². The fourth-order valence-electron chi connectivity index (χ4n) is 4.19. The molecule has 1 aliphatic rings. The summed E-state index contributed by atoms with van der Waals surface area (Å²) < 4.78 is 5.81. The molecular weight excluding hydrogens is 430 g/mol. The van der Waals surface area contributed by atoms with Crippen molar-refractivity contribution in [3.8, 4) is 11.3 Å². The number of aromatic nitrogens is 5. The van der Waals surface area contributed by atoms with Crippen molar-refractivity contribution in [2.24, 2.45) is 0 Å². The number of carbonyl (C=O) groups excluding carboxylic acids is 1. The molecule has 1 amide bonds. The van der Waals surface area contributed by atoms with E-state index >= 15 is 0 Å². The smallest absolute Gasteiger partial charge is 0.226 e. The predicted octanol–water partition coefficient (Wildman–Crippen LogP) is 4.75. The quantitative estimate of drug-likeness (QED) is 0.382. The third-order valence-corrected chi connectivity index (χ3v) is 6.00. The van der Waals surface area contributed by atoms with Crippen LogP contribution < -0.4 is 10.6 Å². The lowest BCUT2D eigenvalue weighted by atomic mass is 10.1. The molecule has 0 saturated carbocycles. The molecular formula is C25H27N7O2. The van der Waals surface area contributed by atoms with Gasteiger partial charge in [-0.1, -0.05) is 18.9 Å². The van der Waals surface area contributed by atoms with Gasteiger partial charge < -0.3 is 20.4 Å². The average molecular weight is 458 g/mol. The molecule has 9 nitrogen and oxygen atoms in total. The van der Waals surface area contributed by atoms with E-state index in [0.717, 1.165) is 53.9 Å². The Labute approximate surface area is 197 Å². The van der Waals surface area contributed by atoms with Gasteiger partial charge in [-0.15, -0.1) is 0 Å². The molecule has 34 heavy (non-hydrogen) atoms. The van der Waals surface area contributed by atoms with Gasteiger partial charge in [0.05, 0.1) is 18.9 Å². The van der Waals surface area contributed by atoms with Crippen molar-refractivity contribution < 1.29 is 9.53 Å². The summed E-state index contributed by atoms with van der Waals surface area (Å²) in [5.41, 5.74) is 5.47. The lowest BCUT2D eigenvalue weighted by Crippen LogP contribution is -2.22. The molecule has 4 heterocycles. The number of amides is 1. The number of benzene rings is 1. The van der Waals surface area contributed by atoms with Gasteiger partial charge in [0.15, 0.2) is 5.65 Å². The van der Waals surface area contributed by atoms with Crippen LogP contribution in [-0.2, 0) is 9.53 Å². The van der Waals surface area contributed by atoms with Crippen LogP contribution in [0.2, 0.25) is 0 Å². The fraction of sp³-hybridized carbons (Fsp3) is 0.320. The Morgan fingerprint density at radius 2 is 2.09 bits per heavy atom. The summed E-state index contributed by atoms with van der Waals surface area (Å²) >= 11 is 0. The second kappa shape index (κ2) is 9.96. The highest BCUT2D eigenvalue weighted by molar-refractivity contribution is 5.93. The van der Waals surface area contributed by atoms with Gasteiger partial charge >= 0.3 is 0 Å². The van der Waals surface area contributed by atoms with Gasteiger partial charge in [0.25, 0.3) is 0 Å². The molecule has 1 atom stereocenters. The van der Waals surface area contributed by atoms with Crippen molar-refractivity contribution >= 4 is 34.3 Å². The highest BCUT2D eigenvalue weighted by atomic mass is 16.5. The van der Waals surface area contributed by atoms with Crippen LogP contribution in [-0.4, -0.2) is 43.5 Å². The Hall–Kier alpha value is -3.85. The number of anilines is 3. The number of hydrogen-bond acceptors (Lipinski definition) is 7. The number of hydrogen-bond donors (Lipinski definition) is 3. The van der Waals surface area contributed by atoms with Crippen molar-refractivity contribution in [2.75, 3.05) is 17.2 Å². The summed E-state index contributed by atoms with van der Waals surface area (Å²) in [6, 6.07) is 9.62. The van der Waals surface area contributed by atoms with Gasteiger partial charge in [-0.3, -0.25) is 4.79 Å². The minimum Gasteiger partial charge on any atom is -0.378 e. The second-order valence-electron chi connectivity index (χ2n) is 8.47. The van der Waals surface area contributed by atoms with Gasteiger partial charge in [-0.2, -0.15) is 0 Å². The van der Waals surface area contributed by atoms with Crippen LogP contribution in [0.15, 0.2) is 49.2 Å². The summed E-state index contributed by atoms with van der Waals surface area (Å²) in [7, 11) is 0. The minimum atomic E-state index is -0.0390. The van der Waals surface area contributed by atoms with E-state index in [0.29, 0.717) is 23.6 Å². The molecule has 0 aliphatic carbocycles. The maximum atomic E-state index is 12.6. The fourth-order valence-corrected chi connectivity index (χ4v) is 4.19. The predicted molar refractivity (Wildman–Crippen MR) is 131 cm³/mol. The number of aromatic amines is 1. The Morgan fingerprint density at radius 3 is 3.03 bits per heavy atom. The highest BCUT2D eigenvalue weighted by Gasteiger charge is 2.18. The summed E-state index contributed by atoms with van der Waals surface area (Å²) in [6.07, 6.45) is 9.47. The van der Waals surface area contributed by atoms with Crippen LogP contribution in [0.5, 0.6) is 0 Å². The first kappa shape index (κ1) is 22.0. The summed E-state index contributed by atoms with van der Waals surface area (Å²) in [4.78, 5) is 33.2. The molecule has 0 radical (unpaired) electrons. The third-order valence-electron chi connectivity index (χ3n) is 6.00. The first-order valence-corrected chi connectivity index (χ1v) is 11.6. The Balaban J connectivity index is 1.36. The molecule has 3 aromatic heterocycles. The monoisotopic (exact) mass is 457 g/mol. The highest BCUT2D eigenvalue weighted by Crippen LogP contribution is 2.32. The normalized spacial score (nSPS) is 16.2. The molecule has 5 rings (SSSR count). The number of nitrogens with zero attached hydrogens (tertiary/aromatic N) is 4. The standard InChI is InChI=1S/C25H27N7O2/c1-16-8-9-17(31-21(33)13-18-6-3-2-4-11-34-18)12-20(16)32-24-19(7-5-10-26-24)22-23-25(29-14-27-22)30-15-28-23/h5,7-10,12,14-15,18H,2-4,6,11,13H2,1H3,(H,26,32)(H,31,33)(H,27,28,29,30). The number of H-pyrrole nitrogens is 1. The summed E-state index contributed by atoms with van der Waals surface area (Å²) in [5.74, 6) is 0.610. The van der Waals surface area contributed by atoms with Gasteiger partial charge in [0, 0.05) is 29.7 Å². The van der Waals surface area contributed by atoms with Gasteiger partial charge in [-0.25, -0.2) is 19.9 Å². The van der Waals surface area contributed by atoms with Crippen LogP contribution in [0.3, 0.4) is 0 Å². The summed E-state index contributed by atoms with van der Waals surface area (Å²) in [5, 5.41) is 6.43. The number of pyridine rings is 1. The SMILES string of the molecule is Cc1ccc(NC(=O)CC2CCCCCO2)cc1Nc1ncccc1-c1ncnc2nc[nH]c12. The van der Waals surface area contributed by atoms with E-state index in [1.807, 2.05) is 37.3 Å². The zero-order valence-electron chi connectivity index (χ0n) is 19.0. The van der Waals surface area contributed by atoms with Crippen molar-refractivity contribution in [3.05, 3.63) is 54.7 Å². The molecule has 4 aromatic rings. The molecule has 1 aliphatic heterocycles. The van der Waals surface area contributed by atoms with E-state index in [4.69, 9.17) is 4.74 Å². The van der Waals surface area contributed by atoms with E-state index in [-0.39, 0.29) is 12.0 Å². The number of carbonyl (C=O) groups is 1. The topological polar surface area (TPSA) is 118 Å². The minimum absolute atomic E-state index is 0.00574. The number of rotatable bonds is 6. The number of fused-ring (bicyclic) bond motifs is 1. The molecule has 9 heteroatoms. The van der Waals surface area contributed by atoms with Crippen LogP contribution in [0.25, 0.3) is 22.4 Å². The molecule has 1 fully saturated rings. The zero-order chi connectivity index (χ0) is 23.3. The average Bonchev–Trinajstić information content (AvgIpc) is 3.19. The van der Waals surface area contributed by atoms with E-state index < -0.39 is 0 Å². The van der Waals surface area contributed by atoms with Crippen molar-refractivity contribution in [1.82, 2.24) is 24.9 Å². The van der Waals surface area contributed by atoms with Crippen LogP contribution in [0.1, 0.15) is 37.7 Å². The van der Waals surface area contributed by atoms with E-state index in [9.17, 15) is 4.79 Å². The molecule has 0 spiro atoms. The Bertz CT molecular complexity index is 1300. The largest absolute Gasteiger partial charge is 0.378 e. The lowest BCUT2D eigenvalue weighted by Gasteiger charge is -2.16. The van der Waals surface area contributed by atoms with Crippen molar-refractivity contribution in [3.63, 3.8) is 0 Å². The van der Waals surface area contributed by atoms with Gasteiger partial charge in [0.2, 0.25) is 5.91 Å². The van der Waals surface area contributed by atoms with Crippen LogP contribution in [0, 0.1) is 6.92 Å². The zero-order valence-corrected chi connectivity index (χ0v) is 19.0. The second-order valence-corrected chi connectivity index (χ2v) is 8.47. The Kier molecular flexibility index (Phi) is 6.44. The van der Waals surface area contributed by atoms with Gasteiger partial charge in [0.1, 0.15) is 23.4 Å². The molecule has 1 unspecified atom stereocenters. The molecule has 0 bridgehead atoms. The molecule has 174 valence electrons. The first-order valence-electron chi connectivity index (χ1n) is 11.6. The van der Waals surface area contributed by atoms with E-state index in [2.05, 4.69) is 35.6 Å². The molecule has 3 N–H and O–H groups in total. The first-order chi connectivity index (χ1) is 16.7. The third kappa shape index (κ3) is 4.89. The van der Waals surface area contributed by atoms with E-state index in [1.54, 1.807) is 12.5 Å². The summed E-state index contributed by atoms with van der Waals surface area (Å²) in [6.45, 7) is 2.74. The number of ether oxygens (including phenoxy) is 1.